The Balaban J connectivity index is 2.52. The van der Waals surface area contributed by atoms with Gasteiger partial charge in [-0.05, 0) is 51.5 Å². The van der Waals surface area contributed by atoms with E-state index in [4.69, 9.17) is 5.73 Å². The van der Waals surface area contributed by atoms with Gasteiger partial charge in [-0.3, -0.25) is 0 Å². The van der Waals surface area contributed by atoms with Gasteiger partial charge in [-0.1, -0.05) is 6.92 Å². The molecule has 1 atom stereocenters. The fourth-order valence-corrected chi connectivity index (χ4v) is 3.22. The summed E-state index contributed by atoms with van der Waals surface area (Å²) in [5.41, 5.74) is 6.97. The molecule has 0 aliphatic carbocycles. The van der Waals surface area contributed by atoms with Crippen LogP contribution in [0.4, 0.5) is 8.78 Å². The molecule has 2 aromatic rings. The molecule has 0 bridgehead atoms. The molecule has 0 amide bonds. The summed E-state index contributed by atoms with van der Waals surface area (Å²) < 4.78 is 28.0. The molecular weight excluding hydrogens is 320 g/mol. The lowest BCUT2D eigenvalue weighted by Crippen LogP contribution is -2.16. The first-order valence-electron chi connectivity index (χ1n) is 5.51. The lowest BCUT2D eigenvalue weighted by atomic mass is 10.0. The summed E-state index contributed by atoms with van der Waals surface area (Å²) in [6.45, 7) is 1.99. The molecule has 0 radical (unpaired) electrons. The van der Waals surface area contributed by atoms with Crippen LogP contribution in [-0.2, 0) is 6.42 Å². The predicted molar refractivity (Wildman–Crippen MR) is 73.8 cm³/mol. The van der Waals surface area contributed by atoms with E-state index in [0.717, 1.165) is 16.9 Å². The average Bonchev–Trinajstić information content (AvgIpc) is 2.82. The second-order valence-corrected chi connectivity index (χ2v) is 5.70. The number of hydrogen-bond acceptors (Lipinski definition) is 2. The second kappa shape index (κ2) is 5.47. The zero-order valence-electron chi connectivity index (χ0n) is 9.71. The number of rotatable bonds is 3. The number of benzene rings is 1. The molecule has 96 valence electrons. The normalized spacial score (nSPS) is 12.7. The number of halogens is 3. The molecule has 0 saturated carbocycles. The van der Waals surface area contributed by atoms with Gasteiger partial charge in [0, 0.05) is 10.4 Å². The van der Waals surface area contributed by atoms with Crippen LogP contribution < -0.4 is 5.73 Å². The van der Waals surface area contributed by atoms with Gasteiger partial charge >= 0.3 is 0 Å². The minimum absolute atomic E-state index is 0.0819. The largest absolute Gasteiger partial charge is 0.319 e. The Bertz CT molecular complexity index is 568. The van der Waals surface area contributed by atoms with Crippen molar-refractivity contribution in [1.82, 2.24) is 0 Å². The SMILES string of the molecule is CCc1ccsc1C(N)c1c(F)ccc(Br)c1F. The summed E-state index contributed by atoms with van der Waals surface area (Å²) >= 11 is 4.48. The number of thiophene rings is 1. The van der Waals surface area contributed by atoms with Crippen molar-refractivity contribution in [3.63, 3.8) is 0 Å². The molecule has 2 N–H and O–H groups in total. The van der Waals surface area contributed by atoms with Crippen LogP contribution in [0.1, 0.15) is 29.0 Å². The Labute approximate surface area is 117 Å². The van der Waals surface area contributed by atoms with E-state index >= 15 is 0 Å². The van der Waals surface area contributed by atoms with Crippen LogP contribution in [0.5, 0.6) is 0 Å². The van der Waals surface area contributed by atoms with Crippen LogP contribution in [0, 0.1) is 11.6 Å². The fraction of sp³-hybridized carbons (Fsp3) is 0.231. The van der Waals surface area contributed by atoms with Crippen LogP contribution in [0.3, 0.4) is 0 Å². The molecule has 2 rings (SSSR count). The highest BCUT2D eigenvalue weighted by atomic mass is 79.9. The average molecular weight is 332 g/mol. The van der Waals surface area contributed by atoms with Gasteiger partial charge in [-0.15, -0.1) is 11.3 Å². The Morgan fingerprint density at radius 1 is 1.33 bits per heavy atom. The highest BCUT2D eigenvalue weighted by Crippen LogP contribution is 2.33. The molecule has 5 heteroatoms. The third-order valence-corrected chi connectivity index (χ3v) is 4.49. The molecule has 1 heterocycles. The summed E-state index contributed by atoms with van der Waals surface area (Å²) in [5, 5.41) is 1.89. The monoisotopic (exact) mass is 331 g/mol. The molecule has 1 aromatic carbocycles. The standard InChI is InChI=1S/C13H12BrF2NS/c1-2-7-5-6-18-13(7)12(17)10-9(15)4-3-8(14)11(10)16/h3-6,12H,2,17H2,1H3. The summed E-state index contributed by atoms with van der Waals surface area (Å²) in [6, 6.07) is 3.74. The van der Waals surface area contributed by atoms with Gasteiger partial charge in [0.2, 0.25) is 0 Å². The van der Waals surface area contributed by atoms with Gasteiger partial charge in [0.05, 0.1) is 10.5 Å². The molecule has 1 aromatic heterocycles. The molecular formula is C13H12BrF2NS. The molecule has 0 saturated heterocycles. The Hall–Kier alpha value is -0.780. The van der Waals surface area contributed by atoms with Crippen molar-refractivity contribution in [2.45, 2.75) is 19.4 Å². The maximum Gasteiger partial charge on any atom is 0.145 e. The first-order chi connectivity index (χ1) is 8.56. The lowest BCUT2D eigenvalue weighted by Gasteiger charge is -2.15. The van der Waals surface area contributed by atoms with Gasteiger partial charge in [-0.2, -0.15) is 0 Å². The second-order valence-electron chi connectivity index (χ2n) is 3.90. The third-order valence-electron chi connectivity index (χ3n) is 2.83. The minimum Gasteiger partial charge on any atom is -0.319 e. The van der Waals surface area contributed by atoms with Crippen LogP contribution in [0.25, 0.3) is 0 Å². The van der Waals surface area contributed by atoms with Crippen molar-refractivity contribution >= 4 is 27.3 Å². The first kappa shape index (κ1) is 13.6. The smallest absolute Gasteiger partial charge is 0.145 e. The van der Waals surface area contributed by atoms with Gasteiger partial charge in [-0.25, -0.2) is 8.78 Å². The molecule has 1 nitrogen and oxygen atoms in total. The van der Waals surface area contributed by atoms with E-state index in [0.29, 0.717) is 0 Å². The van der Waals surface area contributed by atoms with Crippen LogP contribution >= 0.6 is 27.3 Å². The minimum atomic E-state index is -0.766. The Morgan fingerprint density at radius 3 is 2.72 bits per heavy atom. The highest BCUT2D eigenvalue weighted by Gasteiger charge is 2.22. The maximum atomic E-state index is 14.0. The van der Waals surface area contributed by atoms with E-state index in [2.05, 4.69) is 15.9 Å². The summed E-state index contributed by atoms with van der Waals surface area (Å²) in [4.78, 5) is 0.813. The molecule has 18 heavy (non-hydrogen) atoms. The van der Waals surface area contributed by atoms with Crippen molar-refractivity contribution in [2.24, 2.45) is 5.73 Å². The fourth-order valence-electron chi connectivity index (χ4n) is 1.87. The van der Waals surface area contributed by atoms with Crippen molar-refractivity contribution in [1.29, 1.82) is 0 Å². The number of nitrogens with two attached hydrogens (primary N) is 1. The van der Waals surface area contributed by atoms with E-state index < -0.39 is 17.7 Å². The summed E-state index contributed by atoms with van der Waals surface area (Å²) in [7, 11) is 0. The van der Waals surface area contributed by atoms with Gasteiger partial charge in [0.15, 0.2) is 0 Å². The number of aryl methyl sites for hydroxylation is 1. The molecule has 0 aliphatic rings. The van der Waals surface area contributed by atoms with Crippen molar-refractivity contribution < 1.29 is 8.78 Å². The molecule has 0 spiro atoms. The van der Waals surface area contributed by atoms with Gasteiger partial charge in [0.1, 0.15) is 11.6 Å². The molecule has 1 unspecified atom stereocenters. The quantitative estimate of drug-likeness (QED) is 0.829. The molecule has 0 fully saturated rings. The van der Waals surface area contributed by atoms with Crippen molar-refractivity contribution in [3.05, 3.63) is 55.7 Å². The zero-order valence-corrected chi connectivity index (χ0v) is 12.1. The zero-order chi connectivity index (χ0) is 13.3. The van der Waals surface area contributed by atoms with E-state index in [1.54, 1.807) is 0 Å². The van der Waals surface area contributed by atoms with E-state index in [-0.39, 0.29) is 10.0 Å². The van der Waals surface area contributed by atoms with E-state index in [1.165, 1.54) is 23.5 Å². The van der Waals surface area contributed by atoms with Crippen LogP contribution in [-0.4, -0.2) is 0 Å². The first-order valence-corrected chi connectivity index (χ1v) is 7.18. The number of hydrogen-bond donors (Lipinski definition) is 1. The topological polar surface area (TPSA) is 26.0 Å². The van der Waals surface area contributed by atoms with Crippen LogP contribution in [0.2, 0.25) is 0 Å². The van der Waals surface area contributed by atoms with Crippen molar-refractivity contribution in [2.75, 3.05) is 0 Å². The predicted octanol–water partition coefficient (Wildman–Crippen LogP) is 4.40. The Morgan fingerprint density at radius 2 is 2.06 bits per heavy atom. The van der Waals surface area contributed by atoms with Crippen molar-refractivity contribution in [3.8, 4) is 0 Å². The third kappa shape index (κ3) is 2.35. The highest BCUT2D eigenvalue weighted by molar-refractivity contribution is 9.10. The maximum absolute atomic E-state index is 14.0. The van der Waals surface area contributed by atoms with E-state index in [9.17, 15) is 8.78 Å². The summed E-state index contributed by atoms with van der Waals surface area (Å²) in [5.74, 6) is -1.24. The van der Waals surface area contributed by atoms with Crippen LogP contribution in [0.15, 0.2) is 28.1 Å². The lowest BCUT2D eigenvalue weighted by molar-refractivity contribution is 0.540. The van der Waals surface area contributed by atoms with Gasteiger partial charge in [0.25, 0.3) is 0 Å². The van der Waals surface area contributed by atoms with E-state index in [1.807, 2.05) is 18.4 Å². The molecule has 0 aliphatic heterocycles. The Kier molecular flexibility index (Phi) is 4.14. The van der Waals surface area contributed by atoms with Gasteiger partial charge < -0.3 is 5.73 Å². The summed E-state index contributed by atoms with van der Waals surface area (Å²) in [6.07, 6.45) is 0.795.